The molecule has 1 N–H and O–H groups in total. The summed E-state index contributed by atoms with van der Waals surface area (Å²) in [4.78, 5) is 12.5. The molecule has 1 aliphatic heterocycles. The van der Waals surface area contributed by atoms with Crippen molar-refractivity contribution in [3.63, 3.8) is 0 Å². The first-order chi connectivity index (χ1) is 13.0. The van der Waals surface area contributed by atoms with Gasteiger partial charge in [-0.1, -0.05) is 31.4 Å². The average Bonchev–Trinajstić information content (AvgIpc) is 2.72. The molecule has 1 saturated heterocycles. The average molecular weight is 390 g/mol. The molecule has 2 fully saturated rings. The summed E-state index contributed by atoms with van der Waals surface area (Å²) in [6.45, 7) is 1.36. The van der Waals surface area contributed by atoms with Crippen LogP contribution in [-0.4, -0.2) is 38.3 Å². The molecule has 1 amide bonds. The van der Waals surface area contributed by atoms with Crippen LogP contribution in [0.5, 0.6) is 0 Å². The Hall–Kier alpha value is -1.91. The summed E-state index contributed by atoms with van der Waals surface area (Å²) < 4.78 is 27.1. The predicted molar refractivity (Wildman–Crippen MR) is 102 cm³/mol. The first kappa shape index (κ1) is 19.8. The maximum absolute atomic E-state index is 12.8. The van der Waals surface area contributed by atoms with Gasteiger partial charge in [0.2, 0.25) is 15.9 Å². The zero-order valence-electron chi connectivity index (χ0n) is 15.6. The molecule has 1 aromatic carbocycles. The Morgan fingerprint density at radius 3 is 2.44 bits per heavy atom. The highest BCUT2D eigenvalue weighted by Crippen LogP contribution is 2.26. The van der Waals surface area contributed by atoms with Crippen molar-refractivity contribution in [1.82, 2.24) is 9.62 Å². The van der Waals surface area contributed by atoms with Crippen molar-refractivity contribution < 1.29 is 13.2 Å². The molecule has 1 heterocycles. The molecule has 0 spiro atoms. The van der Waals surface area contributed by atoms with Crippen LogP contribution in [-0.2, 0) is 14.8 Å². The predicted octanol–water partition coefficient (Wildman–Crippen LogP) is 2.66. The Balaban J connectivity index is 1.55. The number of nitrogens with zero attached hydrogens (tertiary/aromatic N) is 2. The summed E-state index contributed by atoms with van der Waals surface area (Å²) in [5.41, 5.74) is 0.157. The van der Waals surface area contributed by atoms with Gasteiger partial charge in [-0.2, -0.15) is 9.57 Å². The van der Waals surface area contributed by atoms with Gasteiger partial charge in [-0.25, -0.2) is 8.42 Å². The standard InChI is InChI=1S/C20H27N3O3S/c21-14-18-8-4-5-9-19(18)27(25,26)23-12-10-17(11-13-23)20(24)22-15-16-6-2-1-3-7-16/h4-5,8-9,16-17H,1-3,6-7,10-13,15H2,(H,22,24). The van der Waals surface area contributed by atoms with Crippen LogP contribution in [0.15, 0.2) is 29.2 Å². The van der Waals surface area contributed by atoms with Gasteiger partial charge in [0.15, 0.2) is 0 Å². The van der Waals surface area contributed by atoms with Crippen LogP contribution in [0.4, 0.5) is 0 Å². The van der Waals surface area contributed by atoms with E-state index < -0.39 is 10.0 Å². The second-order valence-electron chi connectivity index (χ2n) is 7.54. The number of rotatable bonds is 5. The van der Waals surface area contributed by atoms with E-state index in [4.69, 9.17) is 0 Å². The number of nitrogens with one attached hydrogen (secondary N) is 1. The minimum absolute atomic E-state index is 0.0488. The van der Waals surface area contributed by atoms with Crippen LogP contribution in [0.1, 0.15) is 50.5 Å². The number of piperidine rings is 1. The fraction of sp³-hybridized carbons (Fsp3) is 0.600. The number of amides is 1. The zero-order valence-corrected chi connectivity index (χ0v) is 16.4. The van der Waals surface area contributed by atoms with Crippen LogP contribution in [0.3, 0.4) is 0 Å². The molecule has 27 heavy (non-hydrogen) atoms. The van der Waals surface area contributed by atoms with Crippen LogP contribution in [0.2, 0.25) is 0 Å². The first-order valence-corrected chi connectivity index (χ1v) is 11.2. The quantitative estimate of drug-likeness (QED) is 0.838. The number of hydrogen-bond donors (Lipinski definition) is 1. The summed E-state index contributed by atoms with van der Waals surface area (Å²) in [6.07, 6.45) is 7.22. The Bertz CT molecular complexity index is 802. The Labute approximate surface area is 161 Å². The molecule has 146 valence electrons. The highest BCUT2D eigenvalue weighted by molar-refractivity contribution is 7.89. The second-order valence-corrected chi connectivity index (χ2v) is 9.44. The molecule has 0 atom stereocenters. The normalized spacial score (nSPS) is 20.1. The molecule has 0 bridgehead atoms. The van der Waals surface area contributed by atoms with Gasteiger partial charge in [-0.05, 0) is 43.7 Å². The van der Waals surface area contributed by atoms with E-state index in [2.05, 4.69) is 5.32 Å². The highest BCUT2D eigenvalue weighted by Gasteiger charge is 2.33. The lowest BCUT2D eigenvalue weighted by molar-refractivity contribution is -0.126. The van der Waals surface area contributed by atoms with Gasteiger partial charge in [0.25, 0.3) is 0 Å². The van der Waals surface area contributed by atoms with Crippen LogP contribution < -0.4 is 5.32 Å². The minimum Gasteiger partial charge on any atom is -0.356 e. The van der Waals surface area contributed by atoms with Crippen LogP contribution in [0.25, 0.3) is 0 Å². The van der Waals surface area contributed by atoms with E-state index in [9.17, 15) is 18.5 Å². The van der Waals surface area contributed by atoms with Crippen molar-refractivity contribution in [3.8, 4) is 6.07 Å². The number of carbonyl (C=O) groups is 1. The lowest BCUT2D eigenvalue weighted by Gasteiger charge is -2.31. The number of nitriles is 1. The van der Waals surface area contributed by atoms with Gasteiger partial charge in [-0.3, -0.25) is 4.79 Å². The summed E-state index contributed by atoms with van der Waals surface area (Å²) in [5, 5.41) is 12.3. The SMILES string of the molecule is N#Cc1ccccc1S(=O)(=O)N1CCC(C(=O)NCC2CCCCC2)CC1. The number of carbonyl (C=O) groups excluding carboxylic acids is 1. The molecular weight excluding hydrogens is 362 g/mol. The fourth-order valence-corrected chi connectivity index (χ4v) is 5.67. The van der Waals surface area contributed by atoms with E-state index in [1.165, 1.54) is 48.5 Å². The molecule has 0 aromatic heterocycles. The number of benzene rings is 1. The van der Waals surface area contributed by atoms with E-state index in [0.29, 0.717) is 31.8 Å². The Morgan fingerprint density at radius 2 is 1.78 bits per heavy atom. The monoisotopic (exact) mass is 389 g/mol. The molecule has 6 nitrogen and oxygen atoms in total. The largest absolute Gasteiger partial charge is 0.356 e. The third-order valence-electron chi connectivity index (χ3n) is 5.74. The molecule has 7 heteroatoms. The molecule has 1 aliphatic carbocycles. The smallest absolute Gasteiger partial charge is 0.244 e. The molecule has 3 rings (SSSR count). The summed E-state index contributed by atoms with van der Waals surface area (Å²) in [5.74, 6) is 0.506. The molecule has 0 unspecified atom stereocenters. The summed E-state index contributed by atoms with van der Waals surface area (Å²) in [6, 6.07) is 8.20. The first-order valence-electron chi connectivity index (χ1n) is 9.79. The second kappa shape index (κ2) is 8.85. The van der Waals surface area contributed by atoms with Gasteiger partial charge >= 0.3 is 0 Å². The van der Waals surface area contributed by atoms with Gasteiger partial charge in [-0.15, -0.1) is 0 Å². The minimum atomic E-state index is -3.70. The fourth-order valence-electron chi connectivity index (χ4n) is 4.06. The highest BCUT2D eigenvalue weighted by atomic mass is 32.2. The molecule has 1 aromatic rings. The van der Waals surface area contributed by atoms with Crippen molar-refractivity contribution in [1.29, 1.82) is 5.26 Å². The van der Waals surface area contributed by atoms with Gasteiger partial charge in [0.1, 0.15) is 6.07 Å². The summed E-state index contributed by atoms with van der Waals surface area (Å²) in [7, 11) is -3.70. The van der Waals surface area contributed by atoms with Crippen molar-refractivity contribution in [2.24, 2.45) is 11.8 Å². The summed E-state index contributed by atoms with van der Waals surface area (Å²) >= 11 is 0. The molecular formula is C20H27N3O3S. The molecule has 2 aliphatic rings. The van der Waals surface area contributed by atoms with E-state index >= 15 is 0 Å². The number of sulfonamides is 1. The van der Waals surface area contributed by atoms with Crippen molar-refractivity contribution >= 4 is 15.9 Å². The van der Waals surface area contributed by atoms with Crippen molar-refractivity contribution in [3.05, 3.63) is 29.8 Å². The van der Waals surface area contributed by atoms with E-state index in [1.54, 1.807) is 12.1 Å². The van der Waals surface area contributed by atoms with E-state index in [1.807, 2.05) is 6.07 Å². The van der Waals surface area contributed by atoms with Crippen LogP contribution in [0, 0.1) is 23.2 Å². The van der Waals surface area contributed by atoms with Crippen LogP contribution >= 0.6 is 0 Å². The van der Waals surface area contributed by atoms with E-state index in [-0.39, 0.29) is 22.3 Å². The van der Waals surface area contributed by atoms with Crippen molar-refractivity contribution in [2.75, 3.05) is 19.6 Å². The molecule has 1 saturated carbocycles. The Morgan fingerprint density at radius 1 is 1.11 bits per heavy atom. The molecule has 0 radical (unpaired) electrons. The van der Waals surface area contributed by atoms with Gasteiger partial charge < -0.3 is 5.32 Å². The lowest BCUT2D eigenvalue weighted by Crippen LogP contribution is -2.44. The van der Waals surface area contributed by atoms with Gasteiger partial charge in [0, 0.05) is 25.6 Å². The Kier molecular flexibility index (Phi) is 6.51. The lowest BCUT2D eigenvalue weighted by atomic mass is 9.89. The third-order valence-corrected chi connectivity index (χ3v) is 7.70. The van der Waals surface area contributed by atoms with E-state index in [0.717, 1.165) is 6.54 Å². The maximum Gasteiger partial charge on any atom is 0.244 e. The number of hydrogen-bond acceptors (Lipinski definition) is 4. The van der Waals surface area contributed by atoms with Crippen molar-refractivity contribution in [2.45, 2.75) is 49.8 Å². The zero-order chi connectivity index (χ0) is 19.3. The third kappa shape index (κ3) is 4.69. The topological polar surface area (TPSA) is 90.3 Å². The van der Waals surface area contributed by atoms with Gasteiger partial charge in [0.05, 0.1) is 10.5 Å². The maximum atomic E-state index is 12.8.